The van der Waals surface area contributed by atoms with Crippen LogP contribution in [0.15, 0.2) is 42.6 Å². The number of nitrogens with zero attached hydrogens (tertiary/aromatic N) is 2. The Morgan fingerprint density at radius 3 is 2.30 bits per heavy atom. The molecule has 1 aliphatic carbocycles. The number of benzene rings is 1. The zero-order valence-electron chi connectivity index (χ0n) is 17.2. The lowest BCUT2D eigenvalue weighted by molar-refractivity contribution is -0.0231. The topological polar surface area (TPSA) is 89.0 Å². The normalized spacial score (nSPS) is 25.5. The lowest BCUT2D eigenvalue weighted by Gasteiger charge is -2.35. The summed E-state index contributed by atoms with van der Waals surface area (Å²) >= 11 is 0. The van der Waals surface area contributed by atoms with Crippen molar-refractivity contribution < 1.29 is 24.2 Å². The number of esters is 1. The highest BCUT2D eigenvalue weighted by atomic mass is 16.5. The number of aliphatic hydroxyl groups is 1. The molecule has 1 aromatic carbocycles. The van der Waals surface area contributed by atoms with E-state index in [0.717, 1.165) is 25.3 Å². The zero-order chi connectivity index (χ0) is 21.3. The van der Waals surface area contributed by atoms with Crippen molar-refractivity contribution in [3.8, 4) is 5.75 Å². The van der Waals surface area contributed by atoms with Crippen LogP contribution in [-0.2, 0) is 4.74 Å². The van der Waals surface area contributed by atoms with Crippen molar-refractivity contribution in [2.45, 2.75) is 32.0 Å². The molecule has 30 heavy (non-hydrogen) atoms. The van der Waals surface area contributed by atoms with E-state index in [0.29, 0.717) is 35.1 Å². The first kappa shape index (κ1) is 20.3. The minimum absolute atomic E-state index is 0.00636. The summed E-state index contributed by atoms with van der Waals surface area (Å²) in [6, 6.07) is 10.5. The van der Waals surface area contributed by atoms with Crippen LogP contribution in [0.3, 0.4) is 0 Å². The Balaban J connectivity index is 1.39. The maximum Gasteiger partial charge on any atom is 0.337 e. The van der Waals surface area contributed by atoms with Gasteiger partial charge in [0.25, 0.3) is 0 Å². The molecule has 2 fully saturated rings. The molecule has 1 aliphatic heterocycles. The number of methoxy groups -OCH3 is 1. The number of fused-ring (bicyclic) bond motifs is 1. The molecule has 1 saturated carbocycles. The molecule has 4 rings (SSSR count). The van der Waals surface area contributed by atoms with Crippen LogP contribution in [-0.4, -0.2) is 54.3 Å². The molecule has 0 bridgehead atoms. The van der Waals surface area contributed by atoms with Gasteiger partial charge in [-0.1, -0.05) is 0 Å². The van der Waals surface area contributed by atoms with E-state index in [4.69, 9.17) is 9.47 Å². The van der Waals surface area contributed by atoms with Gasteiger partial charge in [0.05, 0.1) is 18.8 Å². The molecule has 0 amide bonds. The minimum Gasteiger partial charge on any atom is -0.488 e. The highest BCUT2D eigenvalue weighted by molar-refractivity contribution is 5.93. The van der Waals surface area contributed by atoms with E-state index in [9.17, 15) is 14.7 Å². The summed E-state index contributed by atoms with van der Waals surface area (Å²) in [5.41, 5.74) is 1.07. The Morgan fingerprint density at radius 1 is 1.03 bits per heavy atom. The molecule has 2 aliphatic rings. The fourth-order valence-corrected chi connectivity index (χ4v) is 4.45. The van der Waals surface area contributed by atoms with Gasteiger partial charge in [-0.05, 0) is 68.0 Å². The molecule has 2 aromatic rings. The maximum atomic E-state index is 11.6. The highest BCUT2D eigenvalue weighted by Gasteiger charge is 2.43. The van der Waals surface area contributed by atoms with Gasteiger partial charge < -0.3 is 19.5 Å². The van der Waals surface area contributed by atoms with E-state index >= 15 is 0 Å². The van der Waals surface area contributed by atoms with Crippen molar-refractivity contribution in [1.29, 1.82) is 0 Å². The number of aliphatic hydroxyl groups excluding tert-OH is 1. The first-order chi connectivity index (χ1) is 14.4. The van der Waals surface area contributed by atoms with Gasteiger partial charge in [0.2, 0.25) is 0 Å². The van der Waals surface area contributed by atoms with Gasteiger partial charge in [0, 0.05) is 24.8 Å². The summed E-state index contributed by atoms with van der Waals surface area (Å²) in [6.07, 6.45) is 2.23. The van der Waals surface area contributed by atoms with Gasteiger partial charge >= 0.3 is 5.97 Å². The van der Waals surface area contributed by atoms with Crippen molar-refractivity contribution in [3.05, 3.63) is 53.7 Å². The number of pyridine rings is 1. The molecule has 1 N–H and O–H groups in total. The van der Waals surface area contributed by atoms with Crippen LogP contribution in [0.2, 0.25) is 0 Å². The predicted molar refractivity (Wildman–Crippen MR) is 111 cm³/mol. The highest BCUT2D eigenvalue weighted by Crippen LogP contribution is 2.39. The van der Waals surface area contributed by atoms with Crippen LogP contribution in [0.25, 0.3) is 0 Å². The molecule has 7 nitrogen and oxygen atoms in total. The average molecular weight is 410 g/mol. The number of rotatable bonds is 5. The Bertz CT molecular complexity index is 912. The fourth-order valence-electron chi connectivity index (χ4n) is 4.45. The average Bonchev–Trinajstić information content (AvgIpc) is 3.16. The number of hydrogen-bond acceptors (Lipinski definition) is 7. The van der Waals surface area contributed by atoms with Crippen LogP contribution < -0.4 is 9.64 Å². The van der Waals surface area contributed by atoms with E-state index in [1.807, 2.05) is 12.1 Å². The molecular weight excluding hydrogens is 384 g/mol. The molecule has 0 spiro atoms. The van der Waals surface area contributed by atoms with Crippen molar-refractivity contribution in [2.75, 3.05) is 25.1 Å². The van der Waals surface area contributed by atoms with Gasteiger partial charge in [-0.15, -0.1) is 0 Å². The third-order valence-electron chi connectivity index (χ3n) is 6.13. The summed E-state index contributed by atoms with van der Waals surface area (Å²) in [6.45, 7) is 3.23. The van der Waals surface area contributed by atoms with E-state index in [1.54, 1.807) is 30.5 Å². The van der Waals surface area contributed by atoms with E-state index in [2.05, 4.69) is 9.88 Å². The summed E-state index contributed by atoms with van der Waals surface area (Å²) in [7, 11) is 1.35. The van der Waals surface area contributed by atoms with Crippen molar-refractivity contribution in [1.82, 2.24) is 4.98 Å². The smallest absolute Gasteiger partial charge is 0.337 e. The first-order valence-electron chi connectivity index (χ1n) is 10.2. The largest absolute Gasteiger partial charge is 0.488 e. The van der Waals surface area contributed by atoms with Gasteiger partial charge in [-0.25, -0.2) is 9.78 Å². The lowest BCUT2D eigenvalue weighted by Crippen LogP contribution is -2.42. The van der Waals surface area contributed by atoms with Crippen LogP contribution in [0.4, 0.5) is 5.82 Å². The number of carbonyl (C=O) groups excluding carboxylic acids is 2. The molecule has 0 unspecified atom stereocenters. The zero-order valence-corrected chi connectivity index (χ0v) is 17.2. The van der Waals surface area contributed by atoms with E-state index in [-0.39, 0.29) is 11.9 Å². The fraction of sp³-hybridized carbons (Fsp3) is 0.435. The number of Topliss-reactive ketones (excluding diaryl/α,β-unsaturated/α-hetero) is 1. The van der Waals surface area contributed by atoms with Crippen molar-refractivity contribution in [3.63, 3.8) is 0 Å². The van der Waals surface area contributed by atoms with Crippen LogP contribution in [0, 0.1) is 11.8 Å². The monoisotopic (exact) mass is 410 g/mol. The van der Waals surface area contributed by atoms with Crippen LogP contribution >= 0.6 is 0 Å². The second-order valence-corrected chi connectivity index (χ2v) is 8.10. The third-order valence-corrected chi connectivity index (χ3v) is 6.13. The summed E-state index contributed by atoms with van der Waals surface area (Å²) in [5.74, 6) is 1.89. The molecule has 158 valence electrons. The Labute approximate surface area is 175 Å². The summed E-state index contributed by atoms with van der Waals surface area (Å²) in [4.78, 5) is 29.7. The first-order valence-corrected chi connectivity index (χ1v) is 10.2. The SMILES string of the molecule is COC(=O)c1ccc(O[C@@H]2C[C@@H]3CN(c4ccc(C(C)=O)cn4)C[C@@H]3C[C@H]2O)cc1. The minimum atomic E-state index is -0.542. The molecule has 1 saturated heterocycles. The Hall–Kier alpha value is -2.93. The molecule has 0 radical (unpaired) electrons. The molecule has 1 aromatic heterocycles. The maximum absolute atomic E-state index is 11.6. The van der Waals surface area contributed by atoms with Crippen molar-refractivity contribution >= 4 is 17.6 Å². The second kappa shape index (κ2) is 8.44. The molecular formula is C23H26N2O5. The number of aromatic nitrogens is 1. The van der Waals surface area contributed by atoms with Gasteiger partial charge in [-0.2, -0.15) is 0 Å². The number of ketones is 1. The predicted octanol–water partition coefficient (Wildman–Crippen LogP) is 2.73. The second-order valence-electron chi connectivity index (χ2n) is 8.10. The summed E-state index contributed by atoms with van der Waals surface area (Å²) < 4.78 is 10.8. The van der Waals surface area contributed by atoms with Crippen LogP contribution in [0.5, 0.6) is 5.75 Å². The molecule has 4 atom stereocenters. The van der Waals surface area contributed by atoms with Gasteiger partial charge in [0.15, 0.2) is 5.78 Å². The number of carbonyl (C=O) groups is 2. The quantitative estimate of drug-likeness (QED) is 0.599. The van der Waals surface area contributed by atoms with Gasteiger partial charge in [0.1, 0.15) is 17.7 Å². The lowest BCUT2D eigenvalue weighted by atomic mass is 9.78. The Kier molecular flexibility index (Phi) is 5.72. The molecule has 7 heteroatoms. The van der Waals surface area contributed by atoms with Gasteiger partial charge in [-0.3, -0.25) is 4.79 Å². The third kappa shape index (κ3) is 4.16. The van der Waals surface area contributed by atoms with E-state index in [1.165, 1.54) is 14.0 Å². The standard InChI is InChI=1S/C23H26N2O5/c1-14(26)16-5-8-22(24-11-16)25-12-17-9-20(27)21(10-18(17)13-25)30-19-6-3-15(4-7-19)23(28)29-2/h3-8,11,17-18,20-21,27H,9-10,12-13H2,1-2H3/t17-,18+,20+,21+/m0/s1. The molecule has 2 heterocycles. The van der Waals surface area contributed by atoms with Crippen LogP contribution in [0.1, 0.15) is 40.5 Å². The summed E-state index contributed by atoms with van der Waals surface area (Å²) in [5, 5.41) is 10.6. The Morgan fingerprint density at radius 2 is 1.70 bits per heavy atom. The number of hydrogen-bond donors (Lipinski definition) is 1. The van der Waals surface area contributed by atoms with E-state index < -0.39 is 12.1 Å². The number of ether oxygens (including phenoxy) is 2. The number of anilines is 1. The van der Waals surface area contributed by atoms with Crippen molar-refractivity contribution in [2.24, 2.45) is 11.8 Å².